The summed E-state index contributed by atoms with van der Waals surface area (Å²) >= 11 is 0. The smallest absolute Gasteiger partial charge is 0.247 e. The van der Waals surface area contributed by atoms with Gasteiger partial charge in [-0.2, -0.15) is 0 Å². The third-order valence-corrected chi connectivity index (χ3v) is 7.54. The SMILES string of the molecule is O=C(CCC(c1ccc(F)cc1)c1ccc(F)cc1)N1CCC2(CC1)C(=O)NCN2c1ccccc1. The minimum atomic E-state index is -0.636. The van der Waals surface area contributed by atoms with Crippen molar-refractivity contribution in [2.75, 3.05) is 24.7 Å². The van der Waals surface area contributed by atoms with Crippen molar-refractivity contribution in [1.82, 2.24) is 10.2 Å². The van der Waals surface area contributed by atoms with Gasteiger partial charge in [0.05, 0.1) is 6.67 Å². The Kier molecular flexibility index (Phi) is 6.72. The van der Waals surface area contributed by atoms with Gasteiger partial charge in [0.2, 0.25) is 11.8 Å². The van der Waals surface area contributed by atoms with Crippen LogP contribution in [-0.4, -0.2) is 42.0 Å². The zero-order valence-corrected chi connectivity index (χ0v) is 20.0. The number of carbonyl (C=O) groups excluding carboxylic acids is 2. The third-order valence-electron chi connectivity index (χ3n) is 7.54. The number of amides is 2. The molecule has 0 aromatic heterocycles. The first-order valence-electron chi connectivity index (χ1n) is 12.4. The third kappa shape index (κ3) is 4.70. The molecule has 5 nitrogen and oxygen atoms in total. The quantitative estimate of drug-likeness (QED) is 0.540. The number of carbonyl (C=O) groups is 2. The number of nitrogens with one attached hydrogen (secondary N) is 1. The molecular weight excluding hydrogens is 460 g/mol. The van der Waals surface area contributed by atoms with E-state index in [-0.39, 0.29) is 29.4 Å². The van der Waals surface area contributed by atoms with Crippen molar-refractivity contribution in [1.29, 1.82) is 0 Å². The lowest BCUT2D eigenvalue weighted by Gasteiger charge is -2.43. The number of rotatable bonds is 6. The molecule has 2 aliphatic heterocycles. The molecule has 1 N–H and O–H groups in total. The first kappa shape index (κ1) is 24.0. The molecular formula is C29H29F2N3O2. The lowest BCUT2D eigenvalue weighted by molar-refractivity contribution is -0.135. The molecule has 0 aliphatic carbocycles. The molecule has 36 heavy (non-hydrogen) atoms. The van der Waals surface area contributed by atoms with E-state index >= 15 is 0 Å². The summed E-state index contributed by atoms with van der Waals surface area (Å²) < 4.78 is 27.0. The van der Waals surface area contributed by atoms with Crippen molar-refractivity contribution in [3.8, 4) is 0 Å². The van der Waals surface area contributed by atoms with Crippen LogP contribution in [-0.2, 0) is 9.59 Å². The fourth-order valence-corrected chi connectivity index (χ4v) is 5.50. The minimum absolute atomic E-state index is 0.0196. The molecule has 2 amide bonds. The first-order valence-corrected chi connectivity index (χ1v) is 12.4. The molecule has 0 saturated carbocycles. The fraction of sp³-hybridized carbons (Fsp3) is 0.310. The summed E-state index contributed by atoms with van der Waals surface area (Å²) in [5.74, 6) is -0.749. The summed E-state index contributed by atoms with van der Waals surface area (Å²) in [6.07, 6.45) is 1.97. The van der Waals surface area contributed by atoms with Crippen LogP contribution in [0.3, 0.4) is 0 Å². The number of benzene rings is 3. The Morgan fingerprint density at radius 2 is 1.42 bits per heavy atom. The molecule has 0 bridgehead atoms. The van der Waals surface area contributed by atoms with Crippen LogP contribution in [0.15, 0.2) is 78.9 Å². The molecule has 186 valence electrons. The van der Waals surface area contributed by atoms with Gasteiger partial charge in [0.15, 0.2) is 0 Å². The van der Waals surface area contributed by atoms with E-state index in [2.05, 4.69) is 10.2 Å². The number of hydrogen-bond acceptors (Lipinski definition) is 3. The van der Waals surface area contributed by atoms with Crippen molar-refractivity contribution in [3.63, 3.8) is 0 Å². The average molecular weight is 490 g/mol. The van der Waals surface area contributed by atoms with E-state index in [1.807, 2.05) is 35.2 Å². The van der Waals surface area contributed by atoms with Gasteiger partial charge in [-0.05, 0) is 66.8 Å². The highest BCUT2D eigenvalue weighted by Crippen LogP contribution is 2.37. The van der Waals surface area contributed by atoms with Crippen LogP contribution < -0.4 is 10.2 Å². The summed E-state index contributed by atoms with van der Waals surface area (Å²) in [7, 11) is 0. The minimum Gasteiger partial charge on any atom is -0.342 e. The Morgan fingerprint density at radius 3 is 1.97 bits per heavy atom. The lowest BCUT2D eigenvalue weighted by atomic mass is 9.85. The maximum absolute atomic E-state index is 13.5. The van der Waals surface area contributed by atoms with Gasteiger partial charge in [-0.3, -0.25) is 9.59 Å². The number of anilines is 1. The Bertz CT molecular complexity index is 1160. The van der Waals surface area contributed by atoms with E-state index in [0.29, 0.717) is 45.4 Å². The largest absolute Gasteiger partial charge is 0.342 e. The predicted octanol–water partition coefficient (Wildman–Crippen LogP) is 4.83. The zero-order valence-electron chi connectivity index (χ0n) is 20.0. The maximum atomic E-state index is 13.5. The Balaban J connectivity index is 1.26. The van der Waals surface area contributed by atoms with E-state index in [0.717, 1.165) is 16.8 Å². The normalized spacial score (nSPS) is 17.0. The summed E-state index contributed by atoms with van der Waals surface area (Å²) in [6.45, 7) is 1.48. The van der Waals surface area contributed by atoms with Gasteiger partial charge in [-0.15, -0.1) is 0 Å². The van der Waals surface area contributed by atoms with Gasteiger partial charge in [0, 0.05) is 31.1 Å². The molecule has 1 spiro atoms. The standard InChI is InChI=1S/C29H29F2N3O2/c30-23-10-6-21(7-11-23)26(22-8-12-24(31)13-9-22)14-15-27(35)33-18-16-29(17-19-33)28(36)32-20-34(29)25-4-2-1-3-5-25/h1-13,26H,14-20H2,(H,32,36). The Morgan fingerprint density at radius 1 is 0.861 bits per heavy atom. The van der Waals surface area contributed by atoms with E-state index in [1.165, 1.54) is 24.3 Å². The topological polar surface area (TPSA) is 52.7 Å². The molecule has 7 heteroatoms. The number of nitrogens with zero attached hydrogens (tertiary/aromatic N) is 2. The van der Waals surface area contributed by atoms with E-state index in [4.69, 9.17) is 0 Å². The fourth-order valence-electron chi connectivity index (χ4n) is 5.50. The van der Waals surface area contributed by atoms with E-state index in [1.54, 1.807) is 24.3 Å². The maximum Gasteiger partial charge on any atom is 0.247 e. The summed E-state index contributed by atoms with van der Waals surface area (Å²) in [5.41, 5.74) is 2.13. The number of para-hydroxylation sites is 1. The molecule has 0 atom stereocenters. The van der Waals surface area contributed by atoms with Crippen molar-refractivity contribution in [2.45, 2.75) is 37.1 Å². The number of hydrogen-bond donors (Lipinski definition) is 1. The monoisotopic (exact) mass is 489 g/mol. The molecule has 2 aliphatic rings. The van der Waals surface area contributed by atoms with Crippen LogP contribution in [0, 0.1) is 11.6 Å². The summed E-state index contributed by atoms with van der Waals surface area (Å²) in [5, 5.41) is 2.99. The molecule has 3 aromatic rings. The number of halogens is 2. The van der Waals surface area contributed by atoms with Crippen LogP contribution >= 0.6 is 0 Å². The number of likely N-dealkylation sites (tertiary alicyclic amines) is 1. The summed E-state index contributed by atoms with van der Waals surface area (Å²) in [4.78, 5) is 30.0. The van der Waals surface area contributed by atoms with E-state index in [9.17, 15) is 18.4 Å². The van der Waals surface area contributed by atoms with Gasteiger partial charge >= 0.3 is 0 Å². The van der Waals surface area contributed by atoms with Crippen molar-refractivity contribution >= 4 is 17.5 Å². The van der Waals surface area contributed by atoms with Crippen LogP contribution in [0.25, 0.3) is 0 Å². The Hall–Kier alpha value is -3.74. The van der Waals surface area contributed by atoms with Gasteiger partial charge in [-0.25, -0.2) is 8.78 Å². The Labute approximate surface area is 209 Å². The highest BCUT2D eigenvalue weighted by molar-refractivity contribution is 5.93. The second-order valence-electron chi connectivity index (χ2n) is 9.53. The highest BCUT2D eigenvalue weighted by Gasteiger charge is 2.50. The van der Waals surface area contributed by atoms with Gasteiger partial charge in [-0.1, -0.05) is 42.5 Å². The van der Waals surface area contributed by atoms with Crippen molar-refractivity contribution in [3.05, 3.63) is 102 Å². The van der Waals surface area contributed by atoms with Crippen molar-refractivity contribution in [2.24, 2.45) is 0 Å². The lowest BCUT2D eigenvalue weighted by Crippen LogP contribution is -2.57. The molecule has 5 rings (SSSR count). The average Bonchev–Trinajstić information content (AvgIpc) is 3.22. The molecule has 0 radical (unpaired) electrons. The molecule has 2 heterocycles. The van der Waals surface area contributed by atoms with Crippen LogP contribution in [0.1, 0.15) is 42.7 Å². The van der Waals surface area contributed by atoms with Crippen LogP contribution in [0.2, 0.25) is 0 Å². The molecule has 2 saturated heterocycles. The van der Waals surface area contributed by atoms with Gasteiger partial charge in [0.25, 0.3) is 0 Å². The first-order chi connectivity index (χ1) is 17.5. The van der Waals surface area contributed by atoms with Crippen LogP contribution in [0.4, 0.5) is 14.5 Å². The summed E-state index contributed by atoms with van der Waals surface area (Å²) in [6, 6.07) is 22.4. The molecule has 0 unspecified atom stereocenters. The van der Waals surface area contributed by atoms with Crippen LogP contribution in [0.5, 0.6) is 0 Å². The second-order valence-corrected chi connectivity index (χ2v) is 9.53. The second kappa shape index (κ2) is 10.1. The predicted molar refractivity (Wildman–Crippen MR) is 134 cm³/mol. The number of piperidine rings is 1. The van der Waals surface area contributed by atoms with Crippen molar-refractivity contribution < 1.29 is 18.4 Å². The highest BCUT2D eigenvalue weighted by atomic mass is 19.1. The van der Waals surface area contributed by atoms with E-state index < -0.39 is 5.54 Å². The molecule has 2 fully saturated rings. The van der Waals surface area contributed by atoms with Gasteiger partial charge in [0.1, 0.15) is 17.2 Å². The zero-order chi connectivity index (χ0) is 25.1. The molecule has 3 aromatic carbocycles. The van der Waals surface area contributed by atoms with Gasteiger partial charge < -0.3 is 15.1 Å².